The van der Waals surface area contributed by atoms with E-state index in [2.05, 4.69) is 33.8 Å². The Morgan fingerprint density at radius 1 is 1.08 bits per heavy atom. The number of carbonyl (C=O) groups excluding carboxylic acids is 1. The molecule has 1 saturated carbocycles. The van der Waals surface area contributed by atoms with Gasteiger partial charge in [0, 0.05) is 29.8 Å². The average molecular weight is 512 g/mol. The molecule has 0 aliphatic heterocycles. The molecule has 38 heavy (non-hydrogen) atoms. The normalized spacial score (nSPS) is 17.4. The van der Waals surface area contributed by atoms with E-state index in [0.29, 0.717) is 23.7 Å². The Morgan fingerprint density at radius 3 is 2.58 bits per heavy atom. The second-order valence-electron chi connectivity index (χ2n) is 9.95. The molecule has 3 aromatic carbocycles. The van der Waals surface area contributed by atoms with Crippen molar-refractivity contribution < 1.29 is 14.7 Å². The summed E-state index contributed by atoms with van der Waals surface area (Å²) in [7, 11) is 1.97. The van der Waals surface area contributed by atoms with Gasteiger partial charge in [0.2, 0.25) is 0 Å². The van der Waals surface area contributed by atoms with Crippen LogP contribution in [0.2, 0.25) is 0 Å². The molecule has 8 nitrogen and oxygen atoms in total. The zero-order valence-corrected chi connectivity index (χ0v) is 21.6. The SMILES string of the molecule is CNC1CCC(N(C(=O)O)c2cc(CCCn3nnc4cc(C=O)ccc43)ccc2-c2ccccc2)CC1. The zero-order chi connectivity index (χ0) is 26.5. The van der Waals surface area contributed by atoms with Crippen molar-refractivity contribution in [3.05, 3.63) is 77.9 Å². The highest BCUT2D eigenvalue weighted by Gasteiger charge is 2.31. The molecule has 1 aliphatic rings. The Bertz CT molecular complexity index is 1410. The van der Waals surface area contributed by atoms with E-state index in [9.17, 15) is 14.7 Å². The van der Waals surface area contributed by atoms with Crippen LogP contribution in [0.4, 0.5) is 10.5 Å². The lowest BCUT2D eigenvalue weighted by Gasteiger charge is -2.36. The van der Waals surface area contributed by atoms with Crippen molar-refractivity contribution in [2.45, 2.75) is 57.2 Å². The number of aldehydes is 1. The van der Waals surface area contributed by atoms with E-state index >= 15 is 0 Å². The van der Waals surface area contributed by atoms with E-state index in [1.807, 2.05) is 48.1 Å². The Balaban J connectivity index is 1.40. The summed E-state index contributed by atoms with van der Waals surface area (Å²) in [6, 6.07) is 22.0. The molecule has 4 aromatic rings. The molecule has 1 heterocycles. The minimum absolute atomic E-state index is 0.0485. The highest BCUT2D eigenvalue weighted by Crippen LogP contribution is 2.36. The van der Waals surface area contributed by atoms with Crippen LogP contribution in [-0.4, -0.2) is 51.6 Å². The lowest BCUT2D eigenvalue weighted by molar-refractivity contribution is 0.112. The number of amides is 1. The molecule has 0 bridgehead atoms. The molecule has 1 amide bonds. The summed E-state index contributed by atoms with van der Waals surface area (Å²) in [5.41, 5.74) is 5.95. The van der Waals surface area contributed by atoms with Gasteiger partial charge in [-0.3, -0.25) is 9.69 Å². The van der Waals surface area contributed by atoms with Crippen LogP contribution in [0.25, 0.3) is 22.2 Å². The third-order valence-corrected chi connectivity index (χ3v) is 7.59. The fraction of sp³-hybridized carbons (Fsp3) is 0.333. The maximum Gasteiger partial charge on any atom is 0.412 e. The molecular formula is C30H33N5O3. The average Bonchev–Trinajstić information content (AvgIpc) is 3.36. The number of hydrogen-bond donors (Lipinski definition) is 2. The van der Waals surface area contributed by atoms with Crippen LogP contribution in [0.5, 0.6) is 0 Å². The predicted octanol–water partition coefficient (Wildman–Crippen LogP) is 5.56. The van der Waals surface area contributed by atoms with Gasteiger partial charge in [-0.1, -0.05) is 47.7 Å². The molecular weight excluding hydrogens is 478 g/mol. The number of aryl methyl sites for hydroxylation is 2. The zero-order valence-electron chi connectivity index (χ0n) is 21.6. The standard InChI is InChI=1S/C30H33N5O3/c1-31-24-11-13-25(14-12-24)35(30(37)38)29-19-21(9-15-26(29)23-7-3-2-4-8-23)6-5-17-34-28-16-10-22(20-36)18-27(28)32-33-34/h2-4,7-10,15-16,18-20,24-25,31H,5-6,11-14,17H2,1H3,(H,37,38). The molecule has 1 aromatic heterocycles. The minimum atomic E-state index is -0.906. The highest BCUT2D eigenvalue weighted by molar-refractivity contribution is 5.93. The van der Waals surface area contributed by atoms with Crippen molar-refractivity contribution in [2.75, 3.05) is 11.9 Å². The van der Waals surface area contributed by atoms with Crippen LogP contribution < -0.4 is 10.2 Å². The number of nitrogens with zero attached hydrogens (tertiary/aromatic N) is 4. The van der Waals surface area contributed by atoms with Crippen molar-refractivity contribution in [1.82, 2.24) is 20.3 Å². The van der Waals surface area contributed by atoms with Crippen molar-refractivity contribution in [3.8, 4) is 11.1 Å². The number of hydrogen-bond acceptors (Lipinski definition) is 5. The summed E-state index contributed by atoms with van der Waals surface area (Å²) in [5.74, 6) is 0. The first-order valence-corrected chi connectivity index (χ1v) is 13.2. The summed E-state index contributed by atoms with van der Waals surface area (Å²) in [6.07, 6.45) is 5.09. The van der Waals surface area contributed by atoms with E-state index in [1.165, 1.54) is 0 Å². The van der Waals surface area contributed by atoms with Crippen LogP contribution in [-0.2, 0) is 13.0 Å². The fourth-order valence-corrected chi connectivity index (χ4v) is 5.53. The molecule has 8 heteroatoms. The monoisotopic (exact) mass is 511 g/mol. The van der Waals surface area contributed by atoms with Crippen LogP contribution in [0, 0.1) is 0 Å². The smallest absolute Gasteiger partial charge is 0.412 e. The van der Waals surface area contributed by atoms with Gasteiger partial charge in [-0.05, 0) is 81.0 Å². The van der Waals surface area contributed by atoms with Crippen molar-refractivity contribution in [1.29, 1.82) is 0 Å². The molecule has 0 unspecified atom stereocenters. The van der Waals surface area contributed by atoms with E-state index in [4.69, 9.17) is 0 Å². The van der Waals surface area contributed by atoms with Gasteiger partial charge >= 0.3 is 6.09 Å². The fourth-order valence-electron chi connectivity index (χ4n) is 5.53. The Labute approximate surface area is 222 Å². The quantitative estimate of drug-likeness (QED) is 0.286. The van der Waals surface area contributed by atoms with Gasteiger partial charge in [-0.25, -0.2) is 9.48 Å². The molecule has 1 fully saturated rings. The topological polar surface area (TPSA) is 100 Å². The van der Waals surface area contributed by atoms with Crippen molar-refractivity contribution in [3.63, 3.8) is 0 Å². The summed E-state index contributed by atoms with van der Waals surface area (Å²) in [4.78, 5) is 25.3. The maximum absolute atomic E-state index is 12.7. The number of carboxylic acid groups (broad SMARTS) is 1. The Morgan fingerprint density at radius 2 is 1.87 bits per heavy atom. The van der Waals surface area contributed by atoms with Gasteiger partial charge in [0.05, 0.1) is 11.2 Å². The first-order valence-electron chi connectivity index (χ1n) is 13.2. The predicted molar refractivity (Wildman–Crippen MR) is 149 cm³/mol. The lowest BCUT2D eigenvalue weighted by atomic mass is 9.89. The van der Waals surface area contributed by atoms with Gasteiger partial charge in [-0.15, -0.1) is 5.10 Å². The minimum Gasteiger partial charge on any atom is -0.465 e. The Kier molecular flexibility index (Phi) is 7.79. The second kappa shape index (κ2) is 11.6. The molecule has 196 valence electrons. The van der Waals surface area contributed by atoms with Gasteiger partial charge < -0.3 is 10.4 Å². The number of benzene rings is 3. The summed E-state index contributed by atoms with van der Waals surface area (Å²) < 4.78 is 1.85. The lowest BCUT2D eigenvalue weighted by Crippen LogP contribution is -2.44. The second-order valence-corrected chi connectivity index (χ2v) is 9.95. The van der Waals surface area contributed by atoms with Crippen molar-refractivity contribution >= 4 is 29.1 Å². The summed E-state index contributed by atoms with van der Waals surface area (Å²) in [6.45, 7) is 0.670. The Hall–Kier alpha value is -4.04. The first-order chi connectivity index (χ1) is 18.6. The van der Waals surface area contributed by atoms with Crippen LogP contribution in [0.15, 0.2) is 66.7 Å². The first kappa shape index (κ1) is 25.6. The third kappa shape index (κ3) is 5.45. The van der Waals surface area contributed by atoms with Gasteiger partial charge in [-0.2, -0.15) is 0 Å². The molecule has 0 radical (unpaired) electrons. The number of aromatic nitrogens is 3. The third-order valence-electron chi connectivity index (χ3n) is 7.59. The van der Waals surface area contributed by atoms with Gasteiger partial charge in [0.1, 0.15) is 11.8 Å². The van der Waals surface area contributed by atoms with E-state index in [0.717, 1.165) is 72.7 Å². The number of fused-ring (bicyclic) bond motifs is 1. The summed E-state index contributed by atoms with van der Waals surface area (Å²) in [5, 5.41) is 22.2. The number of rotatable bonds is 9. The summed E-state index contributed by atoms with van der Waals surface area (Å²) >= 11 is 0. The number of carbonyl (C=O) groups is 2. The van der Waals surface area contributed by atoms with Crippen molar-refractivity contribution in [2.24, 2.45) is 0 Å². The molecule has 5 rings (SSSR count). The maximum atomic E-state index is 12.7. The molecule has 0 spiro atoms. The highest BCUT2D eigenvalue weighted by atomic mass is 16.4. The van der Waals surface area contributed by atoms with Crippen LogP contribution >= 0.6 is 0 Å². The largest absolute Gasteiger partial charge is 0.465 e. The van der Waals surface area contributed by atoms with E-state index in [1.54, 1.807) is 17.0 Å². The molecule has 1 aliphatic carbocycles. The number of nitrogens with one attached hydrogen (secondary N) is 1. The van der Waals surface area contributed by atoms with Crippen LogP contribution in [0.3, 0.4) is 0 Å². The van der Waals surface area contributed by atoms with E-state index in [-0.39, 0.29) is 6.04 Å². The van der Waals surface area contributed by atoms with Gasteiger partial charge in [0.15, 0.2) is 0 Å². The van der Waals surface area contributed by atoms with Gasteiger partial charge in [0.25, 0.3) is 0 Å². The molecule has 0 saturated heterocycles. The number of anilines is 1. The molecule has 0 atom stereocenters. The molecule has 2 N–H and O–H groups in total. The van der Waals surface area contributed by atoms with E-state index < -0.39 is 6.09 Å². The van der Waals surface area contributed by atoms with Crippen LogP contribution in [0.1, 0.15) is 48.0 Å².